The summed E-state index contributed by atoms with van der Waals surface area (Å²) in [5.41, 5.74) is 1.40. The summed E-state index contributed by atoms with van der Waals surface area (Å²) < 4.78 is 5.60. The summed E-state index contributed by atoms with van der Waals surface area (Å²) >= 11 is 1.26. The third kappa shape index (κ3) is 8.01. The lowest BCUT2D eigenvalue weighted by molar-refractivity contribution is -0.118. The van der Waals surface area contributed by atoms with Gasteiger partial charge in [-0.25, -0.2) is 9.59 Å². The maximum absolute atomic E-state index is 13.0. The highest BCUT2D eigenvalue weighted by Gasteiger charge is 2.26. The number of amides is 2. The van der Waals surface area contributed by atoms with Crippen molar-refractivity contribution in [3.05, 3.63) is 71.1 Å². The van der Waals surface area contributed by atoms with E-state index in [4.69, 9.17) is 4.74 Å². The van der Waals surface area contributed by atoms with Crippen molar-refractivity contribution in [1.29, 1.82) is 0 Å². The Bertz CT molecular complexity index is 1280. The zero-order valence-electron chi connectivity index (χ0n) is 21.0. The molecule has 0 radical (unpaired) electrons. The number of nitrogens with one attached hydrogen (secondary N) is 2. The molecule has 8 nitrogen and oxygen atoms in total. The molecule has 3 rings (SSSR count). The van der Waals surface area contributed by atoms with Crippen molar-refractivity contribution in [2.75, 3.05) is 10.6 Å². The summed E-state index contributed by atoms with van der Waals surface area (Å²) in [4.78, 5) is 49.2. The van der Waals surface area contributed by atoms with Gasteiger partial charge in [0, 0.05) is 23.8 Å². The number of rotatable bonds is 10. The van der Waals surface area contributed by atoms with E-state index in [-0.39, 0.29) is 35.9 Å². The van der Waals surface area contributed by atoms with Gasteiger partial charge < -0.3 is 20.5 Å². The number of carboxylic acids is 1. The van der Waals surface area contributed by atoms with Gasteiger partial charge >= 0.3 is 11.9 Å². The Morgan fingerprint density at radius 2 is 1.46 bits per heavy atom. The molecule has 1 heterocycles. The number of esters is 1. The number of carbonyl (C=O) groups excluding carboxylic acids is 3. The van der Waals surface area contributed by atoms with Gasteiger partial charge in [-0.2, -0.15) is 0 Å². The molecule has 0 aliphatic rings. The highest BCUT2D eigenvalue weighted by molar-refractivity contribution is 7.15. The van der Waals surface area contributed by atoms with Crippen LogP contribution in [0.25, 0.3) is 11.1 Å². The predicted molar refractivity (Wildman–Crippen MR) is 144 cm³/mol. The van der Waals surface area contributed by atoms with E-state index >= 15 is 0 Å². The number of anilines is 2. The van der Waals surface area contributed by atoms with E-state index in [1.54, 1.807) is 32.9 Å². The number of benzene rings is 2. The summed E-state index contributed by atoms with van der Waals surface area (Å²) in [6.45, 7) is 5.36. The molecule has 0 atom stereocenters. The van der Waals surface area contributed by atoms with Gasteiger partial charge in [0.25, 0.3) is 0 Å². The van der Waals surface area contributed by atoms with Crippen LogP contribution in [0.3, 0.4) is 0 Å². The molecular formula is C28H30N2O6S. The first-order valence-corrected chi connectivity index (χ1v) is 12.8. The second kappa shape index (κ2) is 12.3. The number of para-hydroxylation sites is 1. The minimum atomic E-state index is -1.12. The van der Waals surface area contributed by atoms with Crippen LogP contribution < -0.4 is 10.6 Å². The van der Waals surface area contributed by atoms with E-state index in [1.807, 2.05) is 35.7 Å². The first-order valence-electron chi connectivity index (χ1n) is 11.9. The fraction of sp³-hybridized carbons (Fsp3) is 0.286. The molecule has 2 amide bonds. The van der Waals surface area contributed by atoms with Crippen molar-refractivity contribution in [1.82, 2.24) is 0 Å². The second-order valence-electron chi connectivity index (χ2n) is 9.38. The predicted octanol–water partition coefficient (Wildman–Crippen LogP) is 6.21. The van der Waals surface area contributed by atoms with Gasteiger partial charge in [0.05, 0.1) is 11.3 Å². The van der Waals surface area contributed by atoms with Gasteiger partial charge in [-0.15, -0.1) is 11.3 Å². The maximum atomic E-state index is 13.0. The number of carbonyl (C=O) groups is 4. The zero-order chi connectivity index (χ0) is 27.0. The minimum absolute atomic E-state index is 0.0156. The number of thiophene rings is 1. The second-order valence-corrected chi connectivity index (χ2v) is 10.3. The van der Waals surface area contributed by atoms with Gasteiger partial charge in [-0.1, -0.05) is 42.5 Å². The van der Waals surface area contributed by atoms with E-state index < -0.39 is 17.5 Å². The number of hydrogen-bond acceptors (Lipinski definition) is 6. The third-order valence-electron chi connectivity index (χ3n) is 5.22. The molecule has 1 aromatic heterocycles. The molecule has 37 heavy (non-hydrogen) atoms. The van der Waals surface area contributed by atoms with Crippen LogP contribution in [0.5, 0.6) is 0 Å². The Balaban J connectivity index is 1.59. The lowest BCUT2D eigenvalue weighted by atomic mass is 10.0. The lowest BCUT2D eigenvalue weighted by Gasteiger charge is -2.20. The van der Waals surface area contributed by atoms with Crippen LogP contribution in [-0.4, -0.2) is 34.5 Å². The van der Waals surface area contributed by atoms with Crippen molar-refractivity contribution in [3.63, 3.8) is 0 Å². The maximum Gasteiger partial charge on any atom is 0.342 e. The van der Waals surface area contributed by atoms with Crippen LogP contribution in [0.15, 0.2) is 60.0 Å². The number of hydrogen-bond donors (Lipinski definition) is 3. The van der Waals surface area contributed by atoms with Gasteiger partial charge in [0.1, 0.15) is 16.2 Å². The molecule has 0 aliphatic heterocycles. The number of ether oxygens (including phenoxy) is 1. The molecule has 2 aromatic carbocycles. The molecule has 0 fully saturated rings. The van der Waals surface area contributed by atoms with Gasteiger partial charge in [0.2, 0.25) is 11.8 Å². The normalized spacial score (nSPS) is 11.0. The Hall–Kier alpha value is -3.98. The average molecular weight is 523 g/mol. The van der Waals surface area contributed by atoms with Crippen LogP contribution in [-0.2, 0) is 14.3 Å². The number of unbranched alkanes of at least 4 members (excludes halogenated alkanes) is 1. The largest absolute Gasteiger partial charge is 0.478 e. The molecular weight excluding hydrogens is 492 g/mol. The Kier molecular flexibility index (Phi) is 9.19. The summed E-state index contributed by atoms with van der Waals surface area (Å²) in [7, 11) is 0. The quantitative estimate of drug-likeness (QED) is 0.215. The minimum Gasteiger partial charge on any atom is -0.478 e. The average Bonchev–Trinajstić information content (AvgIpc) is 3.25. The molecule has 0 bridgehead atoms. The van der Waals surface area contributed by atoms with Gasteiger partial charge in [-0.3, -0.25) is 9.59 Å². The van der Waals surface area contributed by atoms with E-state index in [2.05, 4.69) is 10.6 Å². The summed E-state index contributed by atoms with van der Waals surface area (Å²) in [6, 6.07) is 15.6. The smallest absolute Gasteiger partial charge is 0.342 e. The zero-order valence-corrected chi connectivity index (χ0v) is 21.8. The number of aromatic carboxylic acids is 1. The van der Waals surface area contributed by atoms with E-state index in [0.717, 1.165) is 5.56 Å². The van der Waals surface area contributed by atoms with Crippen molar-refractivity contribution < 1.29 is 29.0 Å². The fourth-order valence-electron chi connectivity index (χ4n) is 3.56. The van der Waals surface area contributed by atoms with Gasteiger partial charge in [-0.05, 0) is 51.3 Å². The van der Waals surface area contributed by atoms with Crippen LogP contribution in [0.4, 0.5) is 10.7 Å². The van der Waals surface area contributed by atoms with Crippen molar-refractivity contribution in [2.45, 2.75) is 52.1 Å². The lowest BCUT2D eigenvalue weighted by Crippen LogP contribution is -2.25. The molecule has 0 spiro atoms. The SMILES string of the molecule is CC(C)(C)OC(=O)c1c(-c2ccccc2)csc1NC(=O)CCCCC(=O)Nc1ccccc1C(=O)O. The standard InChI is InChI=1S/C28H30N2O6S/c1-28(2,3)36-27(35)24-20(18-11-5-4-6-12-18)17-37-25(24)30-23(32)16-10-9-15-22(31)29-21-14-8-7-13-19(21)26(33)34/h4-8,11-14,17H,9-10,15-16H2,1-3H3,(H,29,31)(H,30,32)(H,33,34). The van der Waals surface area contributed by atoms with Crippen LogP contribution >= 0.6 is 11.3 Å². The van der Waals surface area contributed by atoms with Crippen molar-refractivity contribution >= 4 is 45.8 Å². The van der Waals surface area contributed by atoms with Crippen molar-refractivity contribution in [2.24, 2.45) is 0 Å². The van der Waals surface area contributed by atoms with Crippen molar-refractivity contribution in [3.8, 4) is 11.1 Å². The summed E-state index contributed by atoms with van der Waals surface area (Å²) in [5, 5.41) is 16.9. The van der Waals surface area contributed by atoms with Crippen LogP contribution in [0, 0.1) is 0 Å². The topological polar surface area (TPSA) is 122 Å². The van der Waals surface area contributed by atoms with E-state index in [0.29, 0.717) is 29.0 Å². The molecule has 3 N–H and O–H groups in total. The molecule has 0 unspecified atom stereocenters. The first-order chi connectivity index (χ1) is 17.5. The number of carboxylic acid groups (broad SMARTS) is 1. The third-order valence-corrected chi connectivity index (χ3v) is 6.12. The van der Waals surface area contributed by atoms with Crippen LogP contribution in [0.1, 0.15) is 67.2 Å². The monoisotopic (exact) mass is 522 g/mol. The summed E-state index contributed by atoms with van der Waals surface area (Å²) in [6.07, 6.45) is 1.18. The van der Waals surface area contributed by atoms with Crippen LogP contribution in [0.2, 0.25) is 0 Å². The molecule has 0 saturated carbocycles. The first kappa shape index (κ1) is 27.6. The molecule has 0 saturated heterocycles. The molecule has 194 valence electrons. The highest BCUT2D eigenvalue weighted by atomic mass is 32.1. The van der Waals surface area contributed by atoms with Gasteiger partial charge in [0.15, 0.2) is 0 Å². The highest BCUT2D eigenvalue weighted by Crippen LogP contribution is 2.37. The molecule has 3 aromatic rings. The Labute approximate surface area is 219 Å². The molecule has 0 aliphatic carbocycles. The summed E-state index contributed by atoms with van der Waals surface area (Å²) in [5.74, 6) is -2.24. The molecule has 9 heteroatoms. The van der Waals surface area contributed by atoms with E-state index in [1.165, 1.54) is 23.5 Å². The fourth-order valence-corrected chi connectivity index (χ4v) is 4.54. The Morgan fingerprint density at radius 3 is 2.08 bits per heavy atom. The van der Waals surface area contributed by atoms with E-state index in [9.17, 15) is 24.3 Å². The Morgan fingerprint density at radius 1 is 0.865 bits per heavy atom.